The van der Waals surface area contributed by atoms with Crippen LogP contribution in [0.15, 0.2) is 0 Å². The van der Waals surface area contributed by atoms with Crippen molar-refractivity contribution in [1.82, 2.24) is 5.32 Å². The van der Waals surface area contributed by atoms with Crippen LogP contribution in [-0.2, 0) is 52.4 Å². The number of rotatable bonds is 27. The fourth-order valence-electron chi connectivity index (χ4n) is 10.0. The second kappa shape index (κ2) is 29.7. The summed E-state index contributed by atoms with van der Waals surface area (Å²) in [6.07, 6.45) is 20.3. The molecular formula is C50H85NO11. The molecule has 4 saturated carbocycles. The van der Waals surface area contributed by atoms with Crippen LogP contribution in [0.2, 0.25) is 0 Å². The van der Waals surface area contributed by atoms with E-state index in [1.165, 1.54) is 19.3 Å². The fourth-order valence-corrected chi connectivity index (χ4v) is 10.0. The Bertz CT molecular complexity index is 1250. The minimum Gasteiger partial charge on any atom is -0.461 e. The van der Waals surface area contributed by atoms with E-state index in [4.69, 9.17) is 28.4 Å². The van der Waals surface area contributed by atoms with Gasteiger partial charge < -0.3 is 33.7 Å². The zero-order valence-electron chi connectivity index (χ0n) is 39.2. The van der Waals surface area contributed by atoms with E-state index in [9.17, 15) is 24.0 Å². The topological polar surface area (TPSA) is 153 Å². The maximum atomic E-state index is 12.9. The summed E-state index contributed by atoms with van der Waals surface area (Å²) in [6, 6.07) is 0. The van der Waals surface area contributed by atoms with Crippen molar-refractivity contribution in [1.29, 1.82) is 0 Å². The average molecular weight is 876 g/mol. The molecule has 0 amide bonds. The molecule has 356 valence electrons. The summed E-state index contributed by atoms with van der Waals surface area (Å²) in [7, 11) is 0. The molecule has 4 fully saturated rings. The predicted octanol–water partition coefficient (Wildman–Crippen LogP) is 9.47. The van der Waals surface area contributed by atoms with Crippen molar-refractivity contribution >= 4 is 29.8 Å². The number of hydrogen-bond donors (Lipinski definition) is 1. The highest BCUT2D eigenvalue weighted by molar-refractivity contribution is 5.74. The Hall–Kier alpha value is -2.73. The van der Waals surface area contributed by atoms with E-state index in [2.05, 4.69) is 33.0 Å². The first-order valence-electron chi connectivity index (χ1n) is 25.3. The van der Waals surface area contributed by atoms with Gasteiger partial charge in [0.1, 0.15) is 19.8 Å². The Morgan fingerprint density at radius 1 is 0.435 bits per heavy atom. The average Bonchev–Trinajstić information content (AvgIpc) is 3.31. The van der Waals surface area contributed by atoms with Gasteiger partial charge in [-0.15, -0.1) is 0 Å². The van der Waals surface area contributed by atoms with Gasteiger partial charge in [0.2, 0.25) is 0 Å². The third kappa shape index (κ3) is 19.6. The first kappa shape index (κ1) is 51.9. The van der Waals surface area contributed by atoms with Crippen LogP contribution < -0.4 is 5.32 Å². The Kier molecular flexibility index (Phi) is 24.8. The molecule has 4 rings (SSSR count). The van der Waals surface area contributed by atoms with Gasteiger partial charge in [-0.2, -0.15) is 0 Å². The zero-order chi connectivity index (χ0) is 44.5. The molecule has 4 aliphatic carbocycles. The van der Waals surface area contributed by atoms with Crippen LogP contribution in [0.5, 0.6) is 0 Å². The van der Waals surface area contributed by atoms with Crippen molar-refractivity contribution in [2.24, 2.45) is 47.3 Å². The number of esters is 5. The molecule has 0 aliphatic heterocycles. The van der Waals surface area contributed by atoms with E-state index in [1.807, 2.05) is 0 Å². The van der Waals surface area contributed by atoms with Crippen LogP contribution in [0.3, 0.4) is 0 Å². The van der Waals surface area contributed by atoms with E-state index in [1.54, 1.807) is 0 Å². The second-order valence-electron chi connectivity index (χ2n) is 19.3. The Morgan fingerprint density at radius 3 is 1.08 bits per heavy atom. The predicted molar refractivity (Wildman–Crippen MR) is 238 cm³/mol. The zero-order valence-corrected chi connectivity index (χ0v) is 39.2. The minimum absolute atomic E-state index is 0.000814. The summed E-state index contributed by atoms with van der Waals surface area (Å²) >= 11 is 0. The van der Waals surface area contributed by atoms with Gasteiger partial charge in [0.05, 0.1) is 24.4 Å². The molecule has 1 unspecified atom stereocenters. The number of carbonyl (C=O) groups excluding carboxylic acids is 5. The molecule has 0 saturated heterocycles. The molecular weight excluding hydrogens is 791 g/mol. The summed E-state index contributed by atoms with van der Waals surface area (Å²) in [5, 5.41) is 3.28. The lowest BCUT2D eigenvalue weighted by molar-refractivity contribution is -0.170. The lowest BCUT2D eigenvalue weighted by atomic mass is 9.81. The van der Waals surface area contributed by atoms with E-state index >= 15 is 0 Å². The van der Waals surface area contributed by atoms with Crippen molar-refractivity contribution in [2.45, 2.75) is 194 Å². The van der Waals surface area contributed by atoms with E-state index in [-0.39, 0.29) is 80.9 Å². The quantitative estimate of drug-likeness (QED) is 0.0475. The highest BCUT2D eigenvalue weighted by Crippen LogP contribution is 2.34. The molecule has 62 heavy (non-hydrogen) atoms. The molecule has 0 aromatic carbocycles. The van der Waals surface area contributed by atoms with Crippen LogP contribution in [-0.4, -0.2) is 88.2 Å². The molecule has 0 spiro atoms. The molecule has 0 aromatic heterocycles. The number of ether oxygens (including phenoxy) is 6. The lowest BCUT2D eigenvalue weighted by Crippen LogP contribution is -2.34. The van der Waals surface area contributed by atoms with Crippen molar-refractivity contribution < 1.29 is 52.4 Å². The minimum atomic E-state index is -0.868. The van der Waals surface area contributed by atoms with Gasteiger partial charge in [0, 0.05) is 19.4 Å². The maximum absolute atomic E-state index is 12.9. The van der Waals surface area contributed by atoms with Crippen LogP contribution >= 0.6 is 0 Å². The van der Waals surface area contributed by atoms with Gasteiger partial charge in [0.25, 0.3) is 0 Å². The molecule has 0 bridgehead atoms. The van der Waals surface area contributed by atoms with Gasteiger partial charge in [-0.3, -0.25) is 24.0 Å². The Morgan fingerprint density at radius 2 is 0.742 bits per heavy atom. The van der Waals surface area contributed by atoms with Gasteiger partial charge in [-0.1, -0.05) is 66.2 Å². The third-order valence-corrected chi connectivity index (χ3v) is 14.8. The third-order valence-electron chi connectivity index (χ3n) is 14.8. The van der Waals surface area contributed by atoms with Crippen LogP contribution in [0.4, 0.5) is 0 Å². The Balaban J connectivity index is 1.14. The Labute approximate surface area is 374 Å². The summed E-state index contributed by atoms with van der Waals surface area (Å²) in [5.41, 5.74) is 0. The normalized spacial score (nSPS) is 27.6. The molecule has 1 atom stereocenters. The summed E-state index contributed by atoms with van der Waals surface area (Å²) < 4.78 is 34.6. The number of nitrogens with one attached hydrogen (secondary N) is 1. The van der Waals surface area contributed by atoms with Gasteiger partial charge in [0.15, 0.2) is 12.2 Å². The molecule has 4 aliphatic rings. The van der Waals surface area contributed by atoms with Crippen molar-refractivity contribution in [3.8, 4) is 0 Å². The van der Waals surface area contributed by atoms with Crippen molar-refractivity contribution in [3.63, 3.8) is 0 Å². The molecule has 0 aromatic rings. The summed E-state index contributed by atoms with van der Waals surface area (Å²) in [4.78, 5) is 64.6. The molecule has 12 heteroatoms. The van der Waals surface area contributed by atoms with Crippen LogP contribution in [0.25, 0.3) is 0 Å². The monoisotopic (exact) mass is 876 g/mol. The molecule has 0 radical (unpaired) electrons. The fraction of sp³-hybridized carbons (Fsp3) is 0.900. The first-order chi connectivity index (χ1) is 30.1. The first-order valence-corrected chi connectivity index (χ1v) is 25.3. The second-order valence-corrected chi connectivity index (χ2v) is 19.3. The van der Waals surface area contributed by atoms with E-state index in [0.29, 0.717) is 56.2 Å². The van der Waals surface area contributed by atoms with E-state index in [0.717, 1.165) is 115 Å². The number of carbonyl (C=O) groups is 5. The van der Waals surface area contributed by atoms with Gasteiger partial charge in [-0.25, -0.2) is 0 Å². The van der Waals surface area contributed by atoms with Crippen molar-refractivity contribution in [3.05, 3.63) is 0 Å². The largest absolute Gasteiger partial charge is 0.461 e. The molecule has 1 N–H and O–H groups in total. The SMILES string of the molecule is CCC1CCC(COCC(COC(=O)C2CCC(CC)CC2)OC(=O)CCCNCCCC(=O)OC(COC(=O)C2CCC(CC)CC2)COC(=O)C2CCC(CC)CC2)CC1. The molecule has 12 nitrogen and oxygen atoms in total. The molecule has 0 heterocycles. The highest BCUT2D eigenvalue weighted by atomic mass is 16.6. The number of hydrogen-bond acceptors (Lipinski definition) is 12. The smallest absolute Gasteiger partial charge is 0.309 e. The van der Waals surface area contributed by atoms with Crippen LogP contribution in [0.1, 0.15) is 182 Å². The lowest BCUT2D eigenvalue weighted by Gasteiger charge is -2.28. The maximum Gasteiger partial charge on any atom is 0.309 e. The summed E-state index contributed by atoms with van der Waals surface area (Å²) in [6.45, 7) is 10.5. The summed E-state index contributed by atoms with van der Waals surface area (Å²) in [5.74, 6) is 1.37. The van der Waals surface area contributed by atoms with Crippen LogP contribution in [0, 0.1) is 47.3 Å². The van der Waals surface area contributed by atoms with Gasteiger partial charge in [-0.05, 0) is 145 Å². The van der Waals surface area contributed by atoms with E-state index < -0.39 is 18.2 Å². The highest BCUT2D eigenvalue weighted by Gasteiger charge is 2.31. The standard InChI is InChI=1S/C50H85NO11/c1-5-36-13-15-40(16-14-36)31-57-32-44(33-58-48(54)41-23-17-37(6-2)18-24-41)61-46(52)11-9-29-51-30-10-12-47(53)62-45(34-59-49(55)42-25-19-38(7-3)20-26-42)35-60-50(56)43-27-21-39(8-4)22-28-43/h36-45,51H,5-35H2,1-4H3. The van der Waals surface area contributed by atoms with Crippen molar-refractivity contribution in [2.75, 3.05) is 46.1 Å². The van der Waals surface area contributed by atoms with Gasteiger partial charge >= 0.3 is 29.8 Å².